The summed E-state index contributed by atoms with van der Waals surface area (Å²) in [5, 5.41) is 2.64. The van der Waals surface area contributed by atoms with Crippen LogP contribution in [0.4, 0.5) is 0 Å². The number of carbonyl (C=O) groups is 2. The number of hydrogen-bond donors (Lipinski definition) is 1. The first-order valence-electron chi connectivity index (χ1n) is 8.79. The number of nitrogens with zero attached hydrogens (tertiary/aromatic N) is 1. The van der Waals surface area contributed by atoms with E-state index >= 15 is 0 Å². The lowest BCUT2D eigenvalue weighted by Crippen LogP contribution is -2.47. The van der Waals surface area contributed by atoms with Gasteiger partial charge in [-0.25, -0.2) is 0 Å². The lowest BCUT2D eigenvalue weighted by Gasteiger charge is -2.28. The van der Waals surface area contributed by atoms with E-state index in [0.717, 1.165) is 15.8 Å². The Morgan fingerprint density at radius 1 is 1.15 bits per heavy atom. The highest BCUT2D eigenvalue weighted by Crippen LogP contribution is 2.18. The van der Waals surface area contributed by atoms with Crippen LogP contribution in [0, 0.1) is 6.92 Å². The molecular formula is C21H25BrN2O2S. The molecule has 0 heterocycles. The number of halogens is 1. The van der Waals surface area contributed by atoms with Crippen molar-refractivity contribution in [3.05, 3.63) is 69.7 Å². The quantitative estimate of drug-likeness (QED) is 0.659. The number of thioether (sulfide) groups is 1. The molecule has 0 aliphatic heterocycles. The smallest absolute Gasteiger partial charge is 0.242 e. The lowest BCUT2D eigenvalue weighted by atomic mass is 10.1. The van der Waals surface area contributed by atoms with Gasteiger partial charge < -0.3 is 10.2 Å². The van der Waals surface area contributed by atoms with Crippen molar-refractivity contribution in [2.24, 2.45) is 0 Å². The third kappa shape index (κ3) is 6.70. The van der Waals surface area contributed by atoms with E-state index in [4.69, 9.17) is 0 Å². The Hall–Kier alpha value is -1.79. The zero-order chi connectivity index (χ0) is 19.8. The van der Waals surface area contributed by atoms with Gasteiger partial charge in [0.1, 0.15) is 6.04 Å². The first-order chi connectivity index (χ1) is 12.9. The predicted molar refractivity (Wildman–Crippen MR) is 116 cm³/mol. The van der Waals surface area contributed by atoms with Crippen molar-refractivity contribution in [1.82, 2.24) is 10.2 Å². The minimum Gasteiger partial charge on any atom is -0.357 e. The molecule has 0 aromatic heterocycles. The minimum absolute atomic E-state index is 0.0387. The molecule has 0 spiro atoms. The van der Waals surface area contributed by atoms with E-state index in [1.807, 2.05) is 24.3 Å². The molecule has 144 valence electrons. The van der Waals surface area contributed by atoms with Crippen molar-refractivity contribution >= 4 is 39.5 Å². The van der Waals surface area contributed by atoms with Crippen molar-refractivity contribution in [2.45, 2.75) is 32.2 Å². The Morgan fingerprint density at radius 3 is 2.48 bits per heavy atom. The largest absolute Gasteiger partial charge is 0.357 e. The molecule has 2 rings (SSSR count). The topological polar surface area (TPSA) is 49.4 Å². The number of amides is 2. The highest BCUT2D eigenvalue weighted by atomic mass is 79.9. The second-order valence-corrected chi connectivity index (χ2v) is 8.32. The third-order valence-corrected chi connectivity index (χ3v) is 5.75. The minimum atomic E-state index is -0.526. The molecule has 0 fully saturated rings. The van der Waals surface area contributed by atoms with E-state index in [9.17, 15) is 9.59 Å². The van der Waals surface area contributed by atoms with Crippen LogP contribution < -0.4 is 5.32 Å². The molecule has 0 aliphatic rings. The summed E-state index contributed by atoms with van der Waals surface area (Å²) in [6, 6.07) is 15.6. The SMILES string of the molecule is CNC(=O)C(C)N(Cc1cccc(Br)c1)C(=O)CSCc1ccc(C)cc1. The second kappa shape index (κ2) is 10.5. The van der Waals surface area contributed by atoms with E-state index < -0.39 is 6.04 Å². The standard InChI is InChI=1S/C21H25BrN2O2S/c1-15-7-9-17(10-8-15)13-27-14-20(25)24(16(2)21(26)23-3)12-18-5-4-6-19(22)11-18/h4-11,16H,12-14H2,1-3H3,(H,23,26). The highest BCUT2D eigenvalue weighted by Gasteiger charge is 2.25. The van der Waals surface area contributed by atoms with Gasteiger partial charge in [0.15, 0.2) is 0 Å². The zero-order valence-corrected chi connectivity index (χ0v) is 18.3. The lowest BCUT2D eigenvalue weighted by molar-refractivity contribution is -0.138. The maximum Gasteiger partial charge on any atom is 0.242 e. The van der Waals surface area contributed by atoms with E-state index in [2.05, 4.69) is 52.4 Å². The Bertz CT molecular complexity index is 780. The van der Waals surface area contributed by atoms with Crippen LogP contribution >= 0.6 is 27.7 Å². The molecule has 1 atom stereocenters. The van der Waals surface area contributed by atoms with Crippen molar-refractivity contribution in [2.75, 3.05) is 12.8 Å². The van der Waals surface area contributed by atoms with Gasteiger partial charge in [-0.2, -0.15) is 0 Å². The molecule has 0 aliphatic carbocycles. The van der Waals surface area contributed by atoms with Gasteiger partial charge in [0.05, 0.1) is 5.75 Å². The first kappa shape index (κ1) is 21.5. The molecule has 0 bridgehead atoms. The fourth-order valence-electron chi connectivity index (χ4n) is 2.65. The van der Waals surface area contributed by atoms with Crippen LogP contribution in [0.2, 0.25) is 0 Å². The maximum absolute atomic E-state index is 12.9. The number of rotatable bonds is 8. The van der Waals surface area contributed by atoms with Gasteiger partial charge >= 0.3 is 0 Å². The monoisotopic (exact) mass is 448 g/mol. The Morgan fingerprint density at radius 2 is 1.85 bits per heavy atom. The summed E-state index contributed by atoms with van der Waals surface area (Å²) in [4.78, 5) is 26.6. The predicted octanol–water partition coefficient (Wildman–Crippen LogP) is 4.15. The summed E-state index contributed by atoms with van der Waals surface area (Å²) < 4.78 is 0.953. The zero-order valence-electron chi connectivity index (χ0n) is 15.9. The molecule has 0 saturated heterocycles. The molecular weight excluding hydrogens is 424 g/mol. The Labute approximate surface area is 173 Å². The number of aryl methyl sites for hydroxylation is 1. The molecule has 2 aromatic carbocycles. The summed E-state index contributed by atoms with van der Waals surface area (Å²) in [5.41, 5.74) is 3.40. The summed E-state index contributed by atoms with van der Waals surface area (Å²) in [6.07, 6.45) is 0. The molecule has 6 heteroatoms. The van der Waals surface area contributed by atoms with Gasteiger partial charge in [-0.1, -0.05) is 57.9 Å². The molecule has 4 nitrogen and oxygen atoms in total. The molecule has 1 N–H and O–H groups in total. The average molecular weight is 449 g/mol. The number of carbonyl (C=O) groups excluding carboxylic acids is 2. The van der Waals surface area contributed by atoms with Gasteiger partial charge in [0, 0.05) is 23.8 Å². The number of hydrogen-bond acceptors (Lipinski definition) is 3. The third-order valence-electron chi connectivity index (χ3n) is 4.27. The van der Waals surface area contributed by atoms with Gasteiger partial charge in [-0.3, -0.25) is 9.59 Å². The molecule has 1 unspecified atom stereocenters. The summed E-state index contributed by atoms with van der Waals surface area (Å²) in [5.74, 6) is 0.902. The van der Waals surface area contributed by atoms with Crippen LogP contribution in [-0.2, 0) is 21.9 Å². The summed E-state index contributed by atoms with van der Waals surface area (Å²) in [7, 11) is 1.59. The maximum atomic E-state index is 12.9. The normalized spacial score (nSPS) is 11.7. The fraction of sp³-hybridized carbons (Fsp3) is 0.333. The fourth-order valence-corrected chi connectivity index (χ4v) is 3.96. The molecule has 0 radical (unpaired) electrons. The van der Waals surface area contributed by atoms with Gasteiger partial charge in [0.25, 0.3) is 0 Å². The van der Waals surface area contributed by atoms with Gasteiger partial charge in [0.2, 0.25) is 11.8 Å². The molecule has 2 aromatic rings. The molecule has 27 heavy (non-hydrogen) atoms. The molecule has 2 amide bonds. The van der Waals surface area contributed by atoms with Crippen molar-refractivity contribution < 1.29 is 9.59 Å². The summed E-state index contributed by atoms with van der Waals surface area (Å²) in [6.45, 7) is 4.22. The Balaban J connectivity index is 2.03. The number of benzene rings is 2. The number of nitrogens with one attached hydrogen (secondary N) is 1. The first-order valence-corrected chi connectivity index (χ1v) is 10.7. The van der Waals surface area contributed by atoms with Crippen molar-refractivity contribution in [1.29, 1.82) is 0 Å². The van der Waals surface area contributed by atoms with Crippen molar-refractivity contribution in [3.8, 4) is 0 Å². The van der Waals surface area contributed by atoms with Crippen LogP contribution in [0.1, 0.15) is 23.6 Å². The van der Waals surface area contributed by atoms with E-state index in [-0.39, 0.29) is 11.8 Å². The van der Waals surface area contributed by atoms with Crippen LogP contribution in [0.25, 0.3) is 0 Å². The Kier molecular flexibility index (Phi) is 8.38. The van der Waals surface area contributed by atoms with E-state index in [0.29, 0.717) is 12.3 Å². The van der Waals surface area contributed by atoms with E-state index in [1.54, 1.807) is 30.6 Å². The van der Waals surface area contributed by atoms with Crippen LogP contribution in [0.3, 0.4) is 0 Å². The van der Waals surface area contributed by atoms with Crippen LogP contribution in [0.15, 0.2) is 53.0 Å². The van der Waals surface area contributed by atoms with Crippen molar-refractivity contribution in [3.63, 3.8) is 0 Å². The average Bonchev–Trinajstić information content (AvgIpc) is 2.66. The molecule has 0 saturated carbocycles. The van der Waals surface area contributed by atoms with Gasteiger partial charge in [-0.05, 0) is 37.1 Å². The highest BCUT2D eigenvalue weighted by molar-refractivity contribution is 9.10. The summed E-state index contributed by atoms with van der Waals surface area (Å²) >= 11 is 5.02. The van der Waals surface area contributed by atoms with E-state index in [1.165, 1.54) is 11.1 Å². The van der Waals surface area contributed by atoms with Crippen LogP contribution in [-0.4, -0.2) is 35.6 Å². The van der Waals surface area contributed by atoms with Gasteiger partial charge in [-0.15, -0.1) is 11.8 Å². The number of likely N-dealkylation sites (N-methyl/N-ethyl adjacent to an activating group) is 1. The van der Waals surface area contributed by atoms with Crippen LogP contribution in [0.5, 0.6) is 0 Å². The second-order valence-electron chi connectivity index (χ2n) is 6.42.